The molecule has 0 heterocycles. The summed E-state index contributed by atoms with van der Waals surface area (Å²) < 4.78 is 0. The van der Waals surface area contributed by atoms with Gasteiger partial charge in [0.15, 0.2) is 0 Å². The maximum atomic E-state index is 3.76. The van der Waals surface area contributed by atoms with E-state index in [4.69, 9.17) is 0 Å². The second-order valence-corrected chi connectivity index (χ2v) is 5.73. The lowest BCUT2D eigenvalue weighted by atomic mass is 10.0. The first kappa shape index (κ1) is 15.8. The van der Waals surface area contributed by atoms with Crippen LogP contribution in [-0.4, -0.2) is 0 Å². The number of anilines is 2. The van der Waals surface area contributed by atoms with E-state index >= 15 is 0 Å². The molecule has 3 rings (SSSR count). The fraction of sp³-hybridized carbons (Fsp3) is 0.0435. The number of hydrogen-bond donors (Lipinski definition) is 1. The standard InChI is InChI=1S/C23H21N/c1-3-8-18(2)21-11-7-12-23(17-21)24-22-15-13-20(14-16-22)19-9-5-4-6-10-19/h3-17,24H,1H2,2H3/b18-8+. The smallest absolute Gasteiger partial charge is 0.0390 e. The van der Waals surface area contributed by atoms with Crippen molar-refractivity contribution < 1.29 is 0 Å². The fourth-order valence-electron chi connectivity index (χ4n) is 2.66. The van der Waals surface area contributed by atoms with Gasteiger partial charge >= 0.3 is 0 Å². The molecule has 1 N–H and O–H groups in total. The monoisotopic (exact) mass is 311 g/mol. The lowest BCUT2D eigenvalue weighted by Gasteiger charge is -2.10. The molecule has 0 spiro atoms. The van der Waals surface area contributed by atoms with Crippen LogP contribution in [0.2, 0.25) is 0 Å². The van der Waals surface area contributed by atoms with E-state index in [0.717, 1.165) is 11.4 Å². The van der Waals surface area contributed by atoms with Gasteiger partial charge in [-0.1, -0.05) is 73.3 Å². The van der Waals surface area contributed by atoms with E-state index in [0.29, 0.717) is 0 Å². The predicted octanol–water partition coefficient (Wildman–Crippen LogP) is 6.69. The van der Waals surface area contributed by atoms with Crippen molar-refractivity contribution in [3.63, 3.8) is 0 Å². The van der Waals surface area contributed by atoms with Crippen molar-refractivity contribution >= 4 is 16.9 Å². The summed E-state index contributed by atoms with van der Waals surface area (Å²) in [6.07, 6.45) is 3.84. The molecule has 3 aromatic carbocycles. The minimum atomic E-state index is 1.08. The van der Waals surface area contributed by atoms with Gasteiger partial charge in [0, 0.05) is 11.4 Å². The minimum Gasteiger partial charge on any atom is -0.356 e. The third kappa shape index (κ3) is 3.82. The second-order valence-electron chi connectivity index (χ2n) is 5.73. The molecule has 1 nitrogen and oxygen atoms in total. The van der Waals surface area contributed by atoms with Gasteiger partial charge in [-0.25, -0.2) is 0 Å². The molecule has 24 heavy (non-hydrogen) atoms. The number of nitrogens with one attached hydrogen (secondary N) is 1. The summed E-state index contributed by atoms with van der Waals surface area (Å²) >= 11 is 0. The molecule has 0 atom stereocenters. The van der Waals surface area contributed by atoms with Crippen LogP contribution in [0.1, 0.15) is 12.5 Å². The number of benzene rings is 3. The first-order valence-electron chi connectivity index (χ1n) is 8.08. The highest BCUT2D eigenvalue weighted by Gasteiger charge is 2.00. The SMILES string of the molecule is C=C/C=C(\C)c1cccc(Nc2ccc(-c3ccccc3)cc2)c1. The van der Waals surface area contributed by atoms with E-state index in [2.05, 4.69) is 91.6 Å². The zero-order chi connectivity index (χ0) is 16.8. The summed E-state index contributed by atoms with van der Waals surface area (Å²) in [6.45, 7) is 5.85. The van der Waals surface area contributed by atoms with Crippen molar-refractivity contribution in [1.29, 1.82) is 0 Å². The van der Waals surface area contributed by atoms with Crippen LogP contribution in [0.5, 0.6) is 0 Å². The molecule has 0 aromatic heterocycles. The van der Waals surface area contributed by atoms with E-state index in [-0.39, 0.29) is 0 Å². The highest BCUT2D eigenvalue weighted by molar-refractivity contribution is 5.72. The van der Waals surface area contributed by atoms with E-state index in [9.17, 15) is 0 Å². The van der Waals surface area contributed by atoms with Crippen LogP contribution in [0, 0.1) is 0 Å². The van der Waals surface area contributed by atoms with Crippen LogP contribution >= 0.6 is 0 Å². The fourth-order valence-corrected chi connectivity index (χ4v) is 2.66. The highest BCUT2D eigenvalue weighted by atomic mass is 14.9. The van der Waals surface area contributed by atoms with Gasteiger partial charge in [0.25, 0.3) is 0 Å². The predicted molar refractivity (Wildman–Crippen MR) is 105 cm³/mol. The Kier molecular flexibility index (Phi) is 4.93. The second kappa shape index (κ2) is 7.47. The van der Waals surface area contributed by atoms with Crippen LogP contribution in [0.3, 0.4) is 0 Å². The van der Waals surface area contributed by atoms with Crippen LogP contribution < -0.4 is 5.32 Å². The third-order valence-electron chi connectivity index (χ3n) is 3.97. The molecule has 0 fully saturated rings. The molecule has 0 aliphatic carbocycles. The van der Waals surface area contributed by atoms with Crippen molar-refractivity contribution in [3.8, 4) is 11.1 Å². The van der Waals surface area contributed by atoms with Crippen LogP contribution in [0.25, 0.3) is 16.7 Å². The average molecular weight is 311 g/mol. The zero-order valence-electron chi connectivity index (χ0n) is 13.9. The number of rotatable bonds is 5. The Morgan fingerprint density at radius 2 is 1.50 bits per heavy atom. The van der Waals surface area contributed by atoms with Crippen molar-refractivity contribution in [2.24, 2.45) is 0 Å². The van der Waals surface area contributed by atoms with Gasteiger partial charge in [-0.3, -0.25) is 0 Å². The Morgan fingerprint density at radius 1 is 0.792 bits per heavy atom. The largest absolute Gasteiger partial charge is 0.356 e. The van der Waals surface area contributed by atoms with Gasteiger partial charge in [0.1, 0.15) is 0 Å². The van der Waals surface area contributed by atoms with Crippen molar-refractivity contribution in [2.45, 2.75) is 6.92 Å². The van der Waals surface area contributed by atoms with E-state index < -0.39 is 0 Å². The molecule has 0 bridgehead atoms. The molecular weight excluding hydrogens is 290 g/mol. The molecule has 3 aromatic rings. The molecule has 0 unspecified atom stereocenters. The topological polar surface area (TPSA) is 12.0 Å². The molecule has 1 heteroatoms. The van der Waals surface area contributed by atoms with Crippen LogP contribution in [0.15, 0.2) is 97.6 Å². The molecule has 0 saturated carbocycles. The first-order valence-corrected chi connectivity index (χ1v) is 8.08. The van der Waals surface area contributed by atoms with E-state index in [1.807, 2.05) is 18.2 Å². The third-order valence-corrected chi connectivity index (χ3v) is 3.97. The van der Waals surface area contributed by atoms with Gasteiger partial charge in [-0.05, 0) is 53.5 Å². The van der Waals surface area contributed by atoms with Crippen molar-refractivity contribution in [1.82, 2.24) is 0 Å². The van der Waals surface area contributed by atoms with Crippen LogP contribution in [0.4, 0.5) is 11.4 Å². The van der Waals surface area contributed by atoms with Gasteiger partial charge in [-0.15, -0.1) is 0 Å². The molecule has 0 aliphatic heterocycles. The summed E-state index contributed by atoms with van der Waals surface area (Å²) in [5.74, 6) is 0. The Bertz CT molecular complexity index is 843. The average Bonchev–Trinajstić information content (AvgIpc) is 2.63. The summed E-state index contributed by atoms with van der Waals surface area (Å²) in [7, 11) is 0. The number of allylic oxidation sites excluding steroid dienone is 3. The highest BCUT2D eigenvalue weighted by Crippen LogP contribution is 2.25. The molecule has 0 saturated heterocycles. The van der Waals surface area contributed by atoms with E-state index in [1.165, 1.54) is 22.3 Å². The maximum Gasteiger partial charge on any atom is 0.0390 e. The summed E-state index contributed by atoms with van der Waals surface area (Å²) in [5, 5.41) is 3.47. The Labute approximate surface area is 144 Å². The van der Waals surface area contributed by atoms with Gasteiger partial charge in [0.05, 0.1) is 0 Å². The Hall–Kier alpha value is -3.06. The van der Waals surface area contributed by atoms with Crippen molar-refractivity contribution in [2.75, 3.05) is 5.32 Å². The lowest BCUT2D eigenvalue weighted by molar-refractivity contribution is 1.51. The van der Waals surface area contributed by atoms with Gasteiger partial charge in [0.2, 0.25) is 0 Å². The molecular formula is C23H21N. The Morgan fingerprint density at radius 3 is 2.21 bits per heavy atom. The summed E-state index contributed by atoms with van der Waals surface area (Å²) in [4.78, 5) is 0. The molecule has 0 amide bonds. The first-order chi connectivity index (χ1) is 11.8. The quantitative estimate of drug-likeness (QED) is 0.518. The van der Waals surface area contributed by atoms with Crippen LogP contribution in [-0.2, 0) is 0 Å². The minimum absolute atomic E-state index is 1.08. The van der Waals surface area contributed by atoms with Crippen molar-refractivity contribution in [3.05, 3.63) is 103 Å². The van der Waals surface area contributed by atoms with Gasteiger partial charge in [-0.2, -0.15) is 0 Å². The molecule has 0 aliphatic rings. The summed E-state index contributed by atoms with van der Waals surface area (Å²) in [5.41, 5.74) is 7.01. The molecule has 118 valence electrons. The lowest BCUT2D eigenvalue weighted by Crippen LogP contribution is -1.91. The zero-order valence-corrected chi connectivity index (χ0v) is 13.9. The maximum absolute atomic E-state index is 3.76. The number of hydrogen-bond acceptors (Lipinski definition) is 1. The van der Waals surface area contributed by atoms with E-state index in [1.54, 1.807) is 0 Å². The Balaban J connectivity index is 1.78. The summed E-state index contributed by atoms with van der Waals surface area (Å²) in [6, 6.07) is 27.3. The van der Waals surface area contributed by atoms with Gasteiger partial charge < -0.3 is 5.32 Å². The normalized spacial score (nSPS) is 11.1. The molecule has 0 radical (unpaired) electrons.